The Hall–Kier alpha value is -1.75. The first-order valence-electron chi connectivity index (χ1n) is 4.12. The van der Waals surface area contributed by atoms with Crippen LogP contribution in [0, 0.1) is 0 Å². The van der Waals surface area contributed by atoms with Gasteiger partial charge >= 0.3 is 0 Å². The quantitative estimate of drug-likeness (QED) is 0.749. The molecule has 5 heteroatoms. The van der Waals surface area contributed by atoms with Crippen LogP contribution in [-0.4, -0.2) is 22.3 Å². The third-order valence-electron chi connectivity index (χ3n) is 1.90. The summed E-state index contributed by atoms with van der Waals surface area (Å²) in [6.07, 6.45) is 3.13. The first-order chi connectivity index (χ1) is 6.81. The highest BCUT2D eigenvalue weighted by Crippen LogP contribution is 2.08. The minimum atomic E-state index is -0.223. The number of ether oxygens (including phenoxy) is 1. The molecular weight excluding hydrogens is 182 g/mol. The van der Waals surface area contributed by atoms with Crippen molar-refractivity contribution in [2.24, 2.45) is 0 Å². The molecule has 5 nitrogen and oxygen atoms in total. The molecule has 0 bridgehead atoms. The molecule has 2 heterocycles. The number of nitrogens with zero attached hydrogens (tertiary/aromatic N) is 2. The van der Waals surface area contributed by atoms with Gasteiger partial charge in [-0.15, -0.1) is 0 Å². The zero-order chi connectivity index (χ0) is 9.97. The highest BCUT2D eigenvalue weighted by molar-refractivity contribution is 5.79. The maximum atomic E-state index is 11.3. The number of H-pyrrole nitrogens is 1. The van der Waals surface area contributed by atoms with E-state index in [0.29, 0.717) is 12.0 Å². The van der Waals surface area contributed by atoms with Crippen LogP contribution in [0.3, 0.4) is 0 Å². The molecule has 0 radical (unpaired) electrons. The summed E-state index contributed by atoms with van der Waals surface area (Å²) in [5.74, 6) is 0. The summed E-state index contributed by atoms with van der Waals surface area (Å²) in [6, 6.07) is 1.79. The van der Waals surface area contributed by atoms with Gasteiger partial charge in [0.1, 0.15) is 0 Å². The van der Waals surface area contributed by atoms with Gasteiger partial charge in [0.15, 0.2) is 0 Å². The Morgan fingerprint density at radius 1 is 1.50 bits per heavy atom. The van der Waals surface area contributed by atoms with Gasteiger partial charge in [-0.2, -0.15) is 5.10 Å². The van der Waals surface area contributed by atoms with Crippen molar-refractivity contribution in [3.8, 4) is 0 Å². The molecule has 0 aromatic carbocycles. The van der Waals surface area contributed by atoms with E-state index in [1.54, 1.807) is 19.4 Å². The van der Waals surface area contributed by atoms with Crippen molar-refractivity contribution in [2.45, 2.75) is 6.61 Å². The maximum Gasteiger partial charge on any atom is 0.273 e. The Morgan fingerprint density at radius 2 is 2.36 bits per heavy atom. The molecule has 0 aliphatic heterocycles. The van der Waals surface area contributed by atoms with E-state index in [4.69, 9.17) is 4.74 Å². The van der Waals surface area contributed by atoms with Gasteiger partial charge in [0.05, 0.1) is 23.9 Å². The fourth-order valence-corrected chi connectivity index (χ4v) is 1.26. The second-order valence-corrected chi connectivity index (χ2v) is 2.90. The van der Waals surface area contributed by atoms with Crippen LogP contribution in [0.15, 0.2) is 23.3 Å². The van der Waals surface area contributed by atoms with Gasteiger partial charge in [-0.25, -0.2) is 5.10 Å². The zero-order valence-electron chi connectivity index (χ0n) is 7.65. The van der Waals surface area contributed by atoms with Gasteiger partial charge in [0, 0.05) is 18.7 Å². The molecule has 0 atom stereocenters. The zero-order valence-corrected chi connectivity index (χ0v) is 7.65. The lowest BCUT2D eigenvalue weighted by Gasteiger charge is -1.99. The smallest absolute Gasteiger partial charge is 0.273 e. The van der Waals surface area contributed by atoms with E-state index in [-0.39, 0.29) is 5.56 Å². The molecule has 0 amide bonds. The van der Waals surface area contributed by atoms with Crippen molar-refractivity contribution >= 4 is 10.8 Å². The van der Waals surface area contributed by atoms with Gasteiger partial charge in [-0.3, -0.25) is 9.78 Å². The standard InChI is InChI=1S/C9H9N3O2/c1-14-5-7-2-6-3-11-12-9(13)8(6)4-10-7/h2-4H,5H2,1H3,(H,12,13). The van der Waals surface area contributed by atoms with E-state index < -0.39 is 0 Å². The van der Waals surface area contributed by atoms with Gasteiger partial charge in [0.2, 0.25) is 0 Å². The second-order valence-electron chi connectivity index (χ2n) is 2.90. The van der Waals surface area contributed by atoms with Crippen molar-refractivity contribution < 1.29 is 4.74 Å². The minimum Gasteiger partial charge on any atom is -0.378 e. The third kappa shape index (κ3) is 1.49. The molecule has 0 saturated carbocycles. The van der Waals surface area contributed by atoms with Crippen molar-refractivity contribution in [3.63, 3.8) is 0 Å². The molecule has 0 aliphatic carbocycles. The summed E-state index contributed by atoms with van der Waals surface area (Å²) < 4.78 is 4.94. The van der Waals surface area contributed by atoms with E-state index in [0.717, 1.165) is 11.1 Å². The Labute approximate surface area is 79.7 Å². The van der Waals surface area contributed by atoms with Crippen molar-refractivity contribution in [1.82, 2.24) is 15.2 Å². The number of hydrogen-bond donors (Lipinski definition) is 1. The summed E-state index contributed by atoms with van der Waals surface area (Å²) in [5.41, 5.74) is 0.561. The van der Waals surface area contributed by atoms with Crippen LogP contribution in [0.2, 0.25) is 0 Å². The number of methoxy groups -OCH3 is 1. The molecule has 0 unspecified atom stereocenters. The van der Waals surface area contributed by atoms with E-state index >= 15 is 0 Å². The average Bonchev–Trinajstić information content (AvgIpc) is 2.18. The number of pyridine rings is 1. The Morgan fingerprint density at radius 3 is 3.14 bits per heavy atom. The number of rotatable bonds is 2. The highest BCUT2D eigenvalue weighted by Gasteiger charge is 2.00. The second kappa shape index (κ2) is 3.55. The van der Waals surface area contributed by atoms with Crippen LogP contribution in [0.1, 0.15) is 5.69 Å². The van der Waals surface area contributed by atoms with E-state index in [1.165, 1.54) is 6.20 Å². The normalized spacial score (nSPS) is 10.6. The molecule has 14 heavy (non-hydrogen) atoms. The number of hydrogen-bond acceptors (Lipinski definition) is 4. The van der Waals surface area contributed by atoms with E-state index in [1.807, 2.05) is 0 Å². The number of aromatic nitrogens is 3. The topological polar surface area (TPSA) is 67.9 Å². The molecule has 0 fully saturated rings. The summed E-state index contributed by atoms with van der Waals surface area (Å²) in [7, 11) is 1.60. The van der Waals surface area contributed by atoms with Gasteiger partial charge in [0.25, 0.3) is 5.56 Å². The van der Waals surface area contributed by atoms with Crippen LogP contribution < -0.4 is 5.56 Å². The van der Waals surface area contributed by atoms with Crippen LogP contribution in [0.4, 0.5) is 0 Å². The van der Waals surface area contributed by atoms with E-state index in [9.17, 15) is 4.79 Å². The summed E-state index contributed by atoms with van der Waals surface area (Å²) >= 11 is 0. The molecule has 2 aromatic rings. The molecule has 72 valence electrons. The fourth-order valence-electron chi connectivity index (χ4n) is 1.26. The summed E-state index contributed by atoms with van der Waals surface area (Å²) in [6.45, 7) is 0.433. The number of aromatic amines is 1. The van der Waals surface area contributed by atoms with Gasteiger partial charge in [-0.1, -0.05) is 0 Å². The van der Waals surface area contributed by atoms with Crippen LogP contribution >= 0.6 is 0 Å². The van der Waals surface area contributed by atoms with Gasteiger partial charge < -0.3 is 4.74 Å². The number of nitrogens with one attached hydrogen (secondary N) is 1. The van der Waals surface area contributed by atoms with Crippen molar-refractivity contribution in [2.75, 3.05) is 7.11 Å². The lowest BCUT2D eigenvalue weighted by Crippen LogP contribution is -2.08. The van der Waals surface area contributed by atoms with Crippen LogP contribution in [0.25, 0.3) is 10.8 Å². The summed E-state index contributed by atoms with van der Waals surface area (Å²) in [5, 5.41) is 7.37. The molecule has 2 aromatic heterocycles. The molecule has 0 saturated heterocycles. The Bertz CT molecular complexity index is 507. The first-order valence-corrected chi connectivity index (χ1v) is 4.12. The predicted molar refractivity (Wildman–Crippen MR) is 50.9 cm³/mol. The average molecular weight is 191 g/mol. The van der Waals surface area contributed by atoms with Crippen LogP contribution in [-0.2, 0) is 11.3 Å². The molecular formula is C9H9N3O2. The highest BCUT2D eigenvalue weighted by atomic mass is 16.5. The lowest BCUT2D eigenvalue weighted by molar-refractivity contribution is 0.181. The third-order valence-corrected chi connectivity index (χ3v) is 1.90. The van der Waals surface area contributed by atoms with E-state index in [2.05, 4.69) is 15.2 Å². The molecule has 2 rings (SSSR count). The first kappa shape index (κ1) is 8.83. The minimum absolute atomic E-state index is 0.223. The Kier molecular flexibility index (Phi) is 2.24. The molecule has 0 spiro atoms. The van der Waals surface area contributed by atoms with Crippen molar-refractivity contribution in [1.29, 1.82) is 0 Å². The largest absolute Gasteiger partial charge is 0.378 e. The fraction of sp³-hybridized carbons (Fsp3) is 0.222. The predicted octanol–water partition coefficient (Wildman–Crippen LogP) is 0.464. The number of fused-ring (bicyclic) bond motifs is 1. The monoisotopic (exact) mass is 191 g/mol. The van der Waals surface area contributed by atoms with Crippen molar-refractivity contribution in [3.05, 3.63) is 34.5 Å². The molecule has 1 N–H and O–H groups in total. The SMILES string of the molecule is COCc1cc2cn[nH]c(=O)c2cn1. The Balaban J connectivity index is 2.61. The van der Waals surface area contributed by atoms with Gasteiger partial charge in [-0.05, 0) is 6.07 Å². The summed E-state index contributed by atoms with van der Waals surface area (Å²) in [4.78, 5) is 15.3. The van der Waals surface area contributed by atoms with Crippen LogP contribution in [0.5, 0.6) is 0 Å². The molecule has 0 aliphatic rings. The lowest BCUT2D eigenvalue weighted by atomic mass is 10.2. The maximum absolute atomic E-state index is 11.3.